The summed E-state index contributed by atoms with van der Waals surface area (Å²) in [6.45, 7) is 6.15. The molecule has 2 unspecified atom stereocenters. The Morgan fingerprint density at radius 1 is 1.13 bits per heavy atom. The van der Waals surface area contributed by atoms with Crippen LogP contribution in [0.15, 0.2) is 24.3 Å². The molecular weight excluding hydrogens is 208 g/mol. The Balaban J connectivity index is 2.70. The summed E-state index contributed by atoms with van der Waals surface area (Å²) in [5.74, 6) is 0.798. The summed E-state index contributed by atoms with van der Waals surface area (Å²) in [7, 11) is 0. The van der Waals surface area contributed by atoms with Gasteiger partial charge in [0.1, 0.15) is 0 Å². The van der Waals surface area contributed by atoms with Crippen molar-refractivity contribution in [3.05, 3.63) is 34.9 Å². The van der Waals surface area contributed by atoms with Gasteiger partial charge in [0.05, 0.1) is 6.10 Å². The molecule has 1 aromatic rings. The van der Waals surface area contributed by atoms with Crippen LogP contribution in [0.3, 0.4) is 0 Å². The van der Waals surface area contributed by atoms with Gasteiger partial charge in [0, 0.05) is 5.02 Å². The molecule has 0 heterocycles. The smallest absolute Gasteiger partial charge is 0.0545 e. The van der Waals surface area contributed by atoms with Crippen molar-refractivity contribution in [2.45, 2.75) is 33.3 Å². The van der Waals surface area contributed by atoms with Crippen LogP contribution >= 0.6 is 11.6 Å². The normalized spacial score (nSPS) is 15.3. The van der Waals surface area contributed by atoms with Crippen molar-refractivity contribution in [3.63, 3.8) is 0 Å². The molecule has 0 bridgehead atoms. The second-order valence-corrected chi connectivity index (χ2v) is 4.92. The van der Waals surface area contributed by atoms with Gasteiger partial charge in [-0.1, -0.05) is 37.6 Å². The average molecular weight is 227 g/mol. The predicted octanol–water partition coefficient (Wildman–Crippen LogP) is 3.54. The molecule has 0 aliphatic heterocycles. The van der Waals surface area contributed by atoms with Gasteiger partial charge in [0.25, 0.3) is 0 Å². The van der Waals surface area contributed by atoms with E-state index in [9.17, 15) is 5.11 Å². The van der Waals surface area contributed by atoms with Crippen LogP contribution in [0.25, 0.3) is 0 Å². The number of benzene rings is 1. The highest BCUT2D eigenvalue weighted by Crippen LogP contribution is 2.21. The van der Waals surface area contributed by atoms with Crippen molar-refractivity contribution in [3.8, 4) is 0 Å². The fraction of sp³-hybridized carbons (Fsp3) is 0.538. The molecule has 0 amide bonds. The summed E-state index contributed by atoms with van der Waals surface area (Å²) >= 11 is 5.82. The lowest BCUT2D eigenvalue weighted by Gasteiger charge is -2.23. The summed E-state index contributed by atoms with van der Waals surface area (Å²) in [4.78, 5) is 0. The number of rotatable bonds is 4. The minimum atomic E-state index is -0.263. The second-order valence-electron chi connectivity index (χ2n) is 4.48. The first kappa shape index (κ1) is 12.5. The standard InChI is InChI=1S/C13H19ClO/c1-9(2)13(10(3)15)8-11-4-6-12(14)7-5-11/h4-7,9-10,13,15H,8H2,1-3H3. The third kappa shape index (κ3) is 3.84. The molecule has 0 saturated heterocycles. The quantitative estimate of drug-likeness (QED) is 0.833. The van der Waals surface area contributed by atoms with E-state index in [1.807, 2.05) is 31.2 Å². The zero-order valence-corrected chi connectivity index (χ0v) is 10.3. The summed E-state index contributed by atoms with van der Waals surface area (Å²) in [5.41, 5.74) is 1.24. The summed E-state index contributed by atoms with van der Waals surface area (Å²) in [6.07, 6.45) is 0.646. The van der Waals surface area contributed by atoms with E-state index in [1.165, 1.54) is 5.56 Å². The van der Waals surface area contributed by atoms with E-state index in [4.69, 9.17) is 11.6 Å². The van der Waals surface area contributed by atoms with Gasteiger partial charge in [0.15, 0.2) is 0 Å². The second kappa shape index (κ2) is 5.53. The molecule has 0 aromatic heterocycles. The number of aliphatic hydroxyl groups excluding tert-OH is 1. The average Bonchev–Trinajstić information content (AvgIpc) is 2.15. The first-order chi connectivity index (χ1) is 7.00. The van der Waals surface area contributed by atoms with Gasteiger partial charge in [-0.2, -0.15) is 0 Å². The van der Waals surface area contributed by atoms with Crippen LogP contribution in [0, 0.1) is 11.8 Å². The summed E-state index contributed by atoms with van der Waals surface area (Å²) < 4.78 is 0. The lowest BCUT2D eigenvalue weighted by atomic mass is 9.85. The Bertz CT molecular complexity index is 282. The lowest BCUT2D eigenvalue weighted by molar-refractivity contribution is 0.0977. The molecule has 1 nitrogen and oxygen atoms in total. The molecule has 2 heteroatoms. The van der Waals surface area contributed by atoms with Gasteiger partial charge >= 0.3 is 0 Å². The van der Waals surface area contributed by atoms with E-state index in [2.05, 4.69) is 13.8 Å². The van der Waals surface area contributed by atoms with Gasteiger partial charge in [-0.3, -0.25) is 0 Å². The Morgan fingerprint density at radius 3 is 2.07 bits per heavy atom. The molecule has 0 radical (unpaired) electrons. The van der Waals surface area contributed by atoms with Gasteiger partial charge < -0.3 is 5.11 Å². The highest BCUT2D eigenvalue weighted by Gasteiger charge is 2.19. The van der Waals surface area contributed by atoms with Crippen molar-refractivity contribution in [1.29, 1.82) is 0 Å². The largest absolute Gasteiger partial charge is 0.393 e. The summed E-state index contributed by atoms with van der Waals surface area (Å²) in [5, 5.41) is 10.4. The lowest BCUT2D eigenvalue weighted by Crippen LogP contribution is -2.24. The van der Waals surface area contributed by atoms with Crippen molar-refractivity contribution in [2.75, 3.05) is 0 Å². The van der Waals surface area contributed by atoms with Crippen molar-refractivity contribution in [2.24, 2.45) is 11.8 Å². The van der Waals surface area contributed by atoms with E-state index in [0.29, 0.717) is 11.8 Å². The van der Waals surface area contributed by atoms with Gasteiger partial charge in [0.2, 0.25) is 0 Å². The molecule has 0 spiro atoms. The van der Waals surface area contributed by atoms with Crippen LogP contribution in [0.1, 0.15) is 26.3 Å². The maximum Gasteiger partial charge on any atom is 0.0545 e. The molecule has 1 N–H and O–H groups in total. The third-order valence-electron chi connectivity index (χ3n) is 2.86. The maximum absolute atomic E-state index is 9.67. The van der Waals surface area contributed by atoms with Crippen LogP contribution in [0.5, 0.6) is 0 Å². The SMILES string of the molecule is CC(C)C(Cc1ccc(Cl)cc1)C(C)O. The number of halogens is 1. The molecule has 0 aliphatic carbocycles. The van der Waals surface area contributed by atoms with Crippen LogP contribution < -0.4 is 0 Å². The Labute approximate surface area is 97.1 Å². The summed E-state index contributed by atoms with van der Waals surface area (Å²) in [6, 6.07) is 7.85. The molecular formula is C13H19ClO. The van der Waals surface area contributed by atoms with Crippen molar-refractivity contribution >= 4 is 11.6 Å². The molecule has 2 atom stereocenters. The minimum absolute atomic E-state index is 0.263. The monoisotopic (exact) mass is 226 g/mol. The zero-order valence-electron chi connectivity index (χ0n) is 9.57. The van der Waals surface area contributed by atoms with E-state index in [0.717, 1.165) is 11.4 Å². The molecule has 0 aliphatic rings. The molecule has 15 heavy (non-hydrogen) atoms. The molecule has 0 fully saturated rings. The van der Waals surface area contributed by atoms with Crippen LogP contribution in [0.2, 0.25) is 5.02 Å². The first-order valence-electron chi connectivity index (χ1n) is 5.43. The Kier molecular flexibility index (Phi) is 4.62. The maximum atomic E-state index is 9.67. The first-order valence-corrected chi connectivity index (χ1v) is 5.81. The van der Waals surface area contributed by atoms with E-state index >= 15 is 0 Å². The Hall–Kier alpha value is -0.530. The van der Waals surface area contributed by atoms with E-state index in [-0.39, 0.29) is 6.10 Å². The van der Waals surface area contributed by atoms with E-state index < -0.39 is 0 Å². The fourth-order valence-electron chi connectivity index (χ4n) is 1.86. The molecule has 1 rings (SSSR count). The van der Waals surface area contributed by atoms with Crippen LogP contribution in [-0.2, 0) is 6.42 Å². The third-order valence-corrected chi connectivity index (χ3v) is 3.11. The highest BCUT2D eigenvalue weighted by atomic mass is 35.5. The number of hydrogen-bond acceptors (Lipinski definition) is 1. The molecule has 1 aromatic carbocycles. The molecule has 84 valence electrons. The molecule has 0 saturated carbocycles. The van der Waals surface area contributed by atoms with Crippen LogP contribution in [-0.4, -0.2) is 11.2 Å². The predicted molar refractivity (Wildman–Crippen MR) is 65.2 cm³/mol. The minimum Gasteiger partial charge on any atom is -0.393 e. The fourth-order valence-corrected chi connectivity index (χ4v) is 1.98. The Morgan fingerprint density at radius 2 is 1.67 bits per heavy atom. The van der Waals surface area contributed by atoms with Gasteiger partial charge in [-0.05, 0) is 42.9 Å². The number of hydrogen-bond donors (Lipinski definition) is 1. The van der Waals surface area contributed by atoms with Gasteiger partial charge in [-0.25, -0.2) is 0 Å². The van der Waals surface area contributed by atoms with Crippen molar-refractivity contribution < 1.29 is 5.11 Å². The van der Waals surface area contributed by atoms with Crippen molar-refractivity contribution in [1.82, 2.24) is 0 Å². The van der Waals surface area contributed by atoms with E-state index in [1.54, 1.807) is 0 Å². The highest BCUT2D eigenvalue weighted by molar-refractivity contribution is 6.30. The van der Waals surface area contributed by atoms with Gasteiger partial charge in [-0.15, -0.1) is 0 Å². The number of aliphatic hydroxyl groups is 1. The van der Waals surface area contributed by atoms with Crippen LogP contribution in [0.4, 0.5) is 0 Å². The topological polar surface area (TPSA) is 20.2 Å². The zero-order chi connectivity index (χ0) is 11.4.